The maximum absolute atomic E-state index is 13.4. The van der Waals surface area contributed by atoms with Crippen LogP contribution in [0.25, 0.3) is 11.3 Å². The molecule has 5 fully saturated rings. The molecule has 2 aromatic heterocycles. The number of hydrogen-bond acceptors (Lipinski definition) is 5. The standard InChI is InChI=1S/C21H21F6N5O/c22-19(23,24)6-15-30-14(10-5-12(21(25,26)27)18(28)29-7-10)9-32(15)20-13-8-31(17(20)16(13)20)11-1-3-33-4-2-11/h5,7,9,11,13,16-17H,1-4,6,8H2,(H2,28,29)/t13-,16-,17?,20-/m0/s1. The lowest BCUT2D eigenvalue weighted by molar-refractivity contribution is -0.137. The Hall–Kier alpha value is -2.34. The first-order valence-corrected chi connectivity index (χ1v) is 10.8. The smallest absolute Gasteiger partial charge is 0.383 e. The van der Waals surface area contributed by atoms with Crippen molar-refractivity contribution in [3.05, 3.63) is 29.8 Å². The summed E-state index contributed by atoms with van der Waals surface area (Å²) in [5.74, 6) is -0.347. The number of rotatable bonds is 4. The molecule has 178 valence electrons. The van der Waals surface area contributed by atoms with Crippen molar-refractivity contribution in [1.82, 2.24) is 19.4 Å². The Bertz CT molecular complexity index is 1100. The summed E-state index contributed by atoms with van der Waals surface area (Å²) in [7, 11) is 0. The molecule has 1 unspecified atom stereocenters. The van der Waals surface area contributed by atoms with Crippen molar-refractivity contribution in [3.63, 3.8) is 0 Å². The zero-order valence-electron chi connectivity index (χ0n) is 17.3. The Kier molecular flexibility index (Phi) is 4.26. The molecular formula is C21H21F6N5O. The highest BCUT2D eigenvalue weighted by Crippen LogP contribution is 2.84. The van der Waals surface area contributed by atoms with Crippen molar-refractivity contribution in [2.45, 2.75) is 49.2 Å². The molecule has 3 saturated heterocycles. The number of alkyl halides is 6. The van der Waals surface area contributed by atoms with Gasteiger partial charge in [-0.1, -0.05) is 0 Å². The Labute approximate surface area is 184 Å². The van der Waals surface area contributed by atoms with E-state index in [1.54, 1.807) is 4.57 Å². The topological polar surface area (TPSA) is 69.2 Å². The normalized spacial score (nSPS) is 31.6. The molecule has 12 heteroatoms. The molecule has 7 rings (SSSR count). The molecular weight excluding hydrogens is 452 g/mol. The monoisotopic (exact) mass is 473 g/mol. The van der Waals surface area contributed by atoms with E-state index in [2.05, 4.69) is 14.9 Å². The summed E-state index contributed by atoms with van der Waals surface area (Å²) in [6, 6.07) is 1.30. The van der Waals surface area contributed by atoms with Crippen molar-refractivity contribution in [2.24, 2.45) is 11.8 Å². The number of hydrogen-bond donors (Lipinski definition) is 1. The van der Waals surface area contributed by atoms with Crippen LogP contribution in [0, 0.1) is 11.8 Å². The van der Waals surface area contributed by atoms with Crippen LogP contribution in [0.5, 0.6) is 0 Å². The van der Waals surface area contributed by atoms with Gasteiger partial charge < -0.3 is 15.0 Å². The summed E-state index contributed by atoms with van der Waals surface area (Å²) >= 11 is 0. The average Bonchev–Trinajstić information content (AvgIpc) is 3.30. The minimum atomic E-state index is -4.73. The van der Waals surface area contributed by atoms with Gasteiger partial charge in [0.15, 0.2) is 0 Å². The van der Waals surface area contributed by atoms with Gasteiger partial charge in [0.1, 0.15) is 18.1 Å². The van der Waals surface area contributed by atoms with Gasteiger partial charge in [0.2, 0.25) is 0 Å². The molecule has 33 heavy (non-hydrogen) atoms. The number of nitrogens with two attached hydrogens (primary N) is 1. The number of nitrogens with zero attached hydrogens (tertiary/aromatic N) is 4. The third-order valence-electron chi connectivity index (χ3n) is 7.66. The van der Waals surface area contributed by atoms with Crippen LogP contribution in [0.1, 0.15) is 24.2 Å². The van der Waals surface area contributed by atoms with Crippen molar-refractivity contribution in [1.29, 1.82) is 0 Å². The Morgan fingerprint density at radius 1 is 1.15 bits per heavy atom. The molecule has 4 atom stereocenters. The van der Waals surface area contributed by atoms with Crippen LogP contribution in [0.3, 0.4) is 0 Å². The molecule has 6 nitrogen and oxygen atoms in total. The number of ether oxygens (including phenoxy) is 1. The predicted molar refractivity (Wildman–Crippen MR) is 104 cm³/mol. The van der Waals surface area contributed by atoms with Crippen LogP contribution in [0.4, 0.5) is 32.2 Å². The van der Waals surface area contributed by atoms with Gasteiger partial charge in [-0.05, 0) is 18.9 Å². The van der Waals surface area contributed by atoms with E-state index in [1.807, 2.05) is 0 Å². The average molecular weight is 473 g/mol. The van der Waals surface area contributed by atoms with E-state index in [0.717, 1.165) is 31.6 Å². The van der Waals surface area contributed by atoms with Gasteiger partial charge in [-0.15, -0.1) is 0 Å². The lowest BCUT2D eigenvalue weighted by Gasteiger charge is -2.31. The number of aromatic nitrogens is 3. The van der Waals surface area contributed by atoms with Crippen LogP contribution in [-0.4, -0.2) is 57.5 Å². The first-order valence-electron chi connectivity index (χ1n) is 10.8. The largest absolute Gasteiger partial charge is 0.419 e. The number of anilines is 1. The quantitative estimate of drug-likeness (QED) is 0.689. The number of imidazole rings is 1. The van der Waals surface area contributed by atoms with Crippen LogP contribution in [0.15, 0.2) is 18.5 Å². The highest BCUT2D eigenvalue weighted by atomic mass is 19.4. The summed E-state index contributed by atoms with van der Waals surface area (Å²) in [6.45, 7) is 2.17. The summed E-state index contributed by atoms with van der Waals surface area (Å²) in [5, 5.41) is 0. The van der Waals surface area contributed by atoms with Crippen molar-refractivity contribution < 1.29 is 31.1 Å². The molecule has 2 aliphatic carbocycles. The molecule has 5 heterocycles. The fourth-order valence-corrected chi connectivity index (χ4v) is 6.21. The van der Waals surface area contributed by atoms with Gasteiger partial charge in [-0.25, -0.2) is 9.97 Å². The van der Waals surface area contributed by atoms with Gasteiger partial charge >= 0.3 is 12.4 Å². The molecule has 0 spiro atoms. The highest BCUT2D eigenvalue weighted by Gasteiger charge is 2.94. The molecule has 0 radical (unpaired) electrons. The molecule has 2 N–H and O–H groups in total. The van der Waals surface area contributed by atoms with Gasteiger partial charge in [-0.3, -0.25) is 4.90 Å². The third kappa shape index (κ3) is 3.09. The maximum atomic E-state index is 13.4. The fraction of sp³-hybridized carbons (Fsp3) is 0.619. The second-order valence-corrected chi connectivity index (χ2v) is 9.36. The Morgan fingerprint density at radius 2 is 1.88 bits per heavy atom. The number of halogens is 6. The van der Waals surface area contributed by atoms with E-state index in [9.17, 15) is 26.3 Å². The molecule has 2 aromatic rings. The zero-order valence-corrected chi connectivity index (χ0v) is 17.3. The van der Waals surface area contributed by atoms with Crippen LogP contribution >= 0.6 is 0 Å². The highest BCUT2D eigenvalue weighted by molar-refractivity contribution is 5.63. The molecule has 5 aliphatic rings. The molecule has 0 amide bonds. The van der Waals surface area contributed by atoms with Crippen LogP contribution in [0.2, 0.25) is 0 Å². The zero-order chi connectivity index (χ0) is 23.3. The minimum Gasteiger partial charge on any atom is -0.383 e. The van der Waals surface area contributed by atoms with E-state index in [1.165, 1.54) is 6.20 Å². The van der Waals surface area contributed by atoms with E-state index in [0.29, 0.717) is 19.3 Å². The van der Waals surface area contributed by atoms with E-state index < -0.39 is 35.7 Å². The number of nitrogen functional groups attached to an aromatic ring is 1. The van der Waals surface area contributed by atoms with Gasteiger partial charge in [0.25, 0.3) is 0 Å². The van der Waals surface area contributed by atoms with E-state index in [-0.39, 0.29) is 35.0 Å². The van der Waals surface area contributed by atoms with Crippen LogP contribution in [-0.2, 0) is 22.9 Å². The first-order chi connectivity index (χ1) is 15.5. The summed E-state index contributed by atoms with van der Waals surface area (Å²) in [5.41, 5.74) is 3.83. The minimum absolute atomic E-state index is 0.0124. The molecule has 3 aliphatic heterocycles. The number of piperidine rings is 1. The van der Waals surface area contributed by atoms with E-state index in [4.69, 9.17) is 10.5 Å². The third-order valence-corrected chi connectivity index (χ3v) is 7.66. The summed E-state index contributed by atoms with van der Waals surface area (Å²) < 4.78 is 86.9. The van der Waals surface area contributed by atoms with Gasteiger partial charge in [0, 0.05) is 61.6 Å². The molecule has 0 aromatic carbocycles. The molecule has 2 saturated carbocycles. The second kappa shape index (κ2) is 6.62. The maximum Gasteiger partial charge on any atom is 0.419 e. The lowest BCUT2D eigenvalue weighted by Crippen LogP contribution is -2.39. The van der Waals surface area contributed by atoms with Crippen molar-refractivity contribution >= 4 is 5.82 Å². The van der Waals surface area contributed by atoms with Gasteiger partial charge in [0.05, 0.1) is 16.8 Å². The van der Waals surface area contributed by atoms with E-state index >= 15 is 0 Å². The number of fused-ring (bicyclic) bond motifs is 1. The molecule has 2 bridgehead atoms. The predicted octanol–water partition coefficient (Wildman–Crippen LogP) is 3.47. The van der Waals surface area contributed by atoms with Gasteiger partial charge in [-0.2, -0.15) is 26.3 Å². The second-order valence-electron chi connectivity index (χ2n) is 9.36. The summed E-state index contributed by atoms with van der Waals surface area (Å²) in [6.07, 6.45) is -6.09. The lowest BCUT2D eigenvalue weighted by atomic mass is 10.1. The fourth-order valence-electron chi connectivity index (χ4n) is 6.21. The SMILES string of the molecule is Nc1ncc(-c2cn([C@]34C5[C@@H]3[C@@H]4CN5C3CCOCC3)c(CC(F)(F)F)n2)cc1C(F)(F)F. The summed E-state index contributed by atoms with van der Waals surface area (Å²) in [4.78, 5) is 10.1. The Morgan fingerprint density at radius 3 is 2.52 bits per heavy atom. The first kappa shape index (κ1) is 21.2. The van der Waals surface area contributed by atoms with Crippen molar-refractivity contribution in [3.8, 4) is 11.3 Å². The Balaban J connectivity index is 1.36. The van der Waals surface area contributed by atoms with Crippen LogP contribution < -0.4 is 5.73 Å². The number of pyridine rings is 1. The van der Waals surface area contributed by atoms with Crippen molar-refractivity contribution in [2.75, 3.05) is 25.5 Å².